The Morgan fingerprint density at radius 2 is 1.80 bits per heavy atom. The maximum Gasteiger partial charge on any atom is 0.433 e. The lowest BCUT2D eigenvalue weighted by atomic mass is 10.0. The fraction of sp³-hybridized carbons (Fsp3) is 0.160. The third kappa shape index (κ3) is 5.30. The number of pyridine rings is 1. The van der Waals surface area contributed by atoms with Gasteiger partial charge < -0.3 is 14.4 Å². The van der Waals surface area contributed by atoms with Gasteiger partial charge in [-0.15, -0.1) is 0 Å². The van der Waals surface area contributed by atoms with E-state index in [-0.39, 0.29) is 39.7 Å². The Morgan fingerprint density at radius 3 is 2.46 bits per heavy atom. The van der Waals surface area contributed by atoms with Gasteiger partial charge in [-0.1, -0.05) is 41.4 Å². The van der Waals surface area contributed by atoms with E-state index in [1.807, 2.05) is 6.92 Å². The van der Waals surface area contributed by atoms with Crippen LogP contribution in [0.3, 0.4) is 0 Å². The van der Waals surface area contributed by atoms with Gasteiger partial charge in [-0.25, -0.2) is 9.78 Å². The molecule has 2 aromatic carbocycles. The lowest BCUT2D eigenvalue weighted by Crippen LogP contribution is -2.10. The van der Waals surface area contributed by atoms with Crippen LogP contribution >= 0.6 is 11.6 Å². The summed E-state index contributed by atoms with van der Waals surface area (Å²) in [5.41, 5.74) is 0.850. The number of hydrogen-bond acceptors (Lipinski definition) is 4. The topological polar surface area (TPSA) is 81.4 Å². The molecule has 0 aliphatic heterocycles. The Labute approximate surface area is 202 Å². The van der Waals surface area contributed by atoms with Crippen LogP contribution in [0.15, 0.2) is 60.8 Å². The van der Waals surface area contributed by atoms with Crippen molar-refractivity contribution in [3.8, 4) is 5.75 Å². The molecular weight excluding hydrogens is 485 g/mol. The molecule has 2 aromatic heterocycles. The molecule has 0 bridgehead atoms. The van der Waals surface area contributed by atoms with E-state index >= 15 is 0 Å². The summed E-state index contributed by atoms with van der Waals surface area (Å²) < 4.78 is 46.7. The molecule has 0 aliphatic carbocycles. The van der Waals surface area contributed by atoms with Crippen molar-refractivity contribution in [3.05, 3.63) is 93.8 Å². The Hall–Kier alpha value is -3.85. The first-order valence-electron chi connectivity index (χ1n) is 10.3. The number of hydrogen-bond donors (Lipinski definition) is 1. The molecule has 0 radical (unpaired) electrons. The first-order chi connectivity index (χ1) is 16.5. The second-order valence-electron chi connectivity index (χ2n) is 7.87. The second kappa shape index (κ2) is 9.42. The summed E-state index contributed by atoms with van der Waals surface area (Å²) in [6.45, 7) is 1.27. The highest BCUT2D eigenvalue weighted by Crippen LogP contribution is 2.32. The number of rotatable bonds is 7. The molecule has 0 aliphatic rings. The van der Waals surface area contributed by atoms with Crippen molar-refractivity contribution in [3.63, 3.8) is 0 Å². The molecule has 0 saturated carbocycles. The molecule has 4 rings (SSSR count). The zero-order valence-electron chi connectivity index (χ0n) is 18.3. The van der Waals surface area contributed by atoms with E-state index in [1.165, 1.54) is 35.0 Å². The van der Waals surface area contributed by atoms with Crippen LogP contribution in [0, 0.1) is 6.92 Å². The molecule has 0 spiro atoms. The average Bonchev–Trinajstić information content (AvgIpc) is 3.16. The van der Waals surface area contributed by atoms with Crippen LogP contribution < -0.4 is 4.74 Å². The van der Waals surface area contributed by atoms with Gasteiger partial charge in [0.25, 0.3) is 0 Å². The van der Waals surface area contributed by atoms with E-state index < -0.39 is 24.4 Å². The number of ketones is 1. The Bertz CT molecular complexity index is 1430. The average molecular weight is 503 g/mol. The zero-order chi connectivity index (χ0) is 25.3. The number of aliphatic carboxylic acids is 1. The summed E-state index contributed by atoms with van der Waals surface area (Å²) in [5.74, 6) is -1.30. The normalized spacial score (nSPS) is 11.6. The van der Waals surface area contributed by atoms with Crippen molar-refractivity contribution >= 4 is 34.4 Å². The van der Waals surface area contributed by atoms with Crippen molar-refractivity contribution in [1.82, 2.24) is 9.55 Å². The minimum absolute atomic E-state index is 0.0326. The lowest BCUT2D eigenvalue weighted by Gasteiger charge is -2.11. The van der Waals surface area contributed by atoms with Crippen molar-refractivity contribution < 1.29 is 32.6 Å². The predicted molar refractivity (Wildman–Crippen MR) is 123 cm³/mol. The molecule has 0 saturated heterocycles. The van der Waals surface area contributed by atoms with Gasteiger partial charge in [0.1, 0.15) is 17.1 Å². The maximum atomic E-state index is 13.4. The molecule has 2 heterocycles. The van der Waals surface area contributed by atoms with Crippen LogP contribution in [0.4, 0.5) is 13.2 Å². The SMILES string of the molecule is Cc1ccc(C(=O)c2cn(Cc3cc(OCC(=O)O)ccc3Cl)c3nc(C(F)(F)F)ccc23)cc1. The Morgan fingerprint density at radius 1 is 1.09 bits per heavy atom. The largest absolute Gasteiger partial charge is 0.482 e. The van der Waals surface area contributed by atoms with Gasteiger partial charge in [0.05, 0.1) is 6.54 Å². The number of ether oxygens (including phenoxy) is 1. The summed E-state index contributed by atoms with van der Waals surface area (Å²) in [5, 5.41) is 9.37. The number of fused-ring (bicyclic) bond motifs is 1. The summed E-state index contributed by atoms with van der Waals surface area (Å²) in [6, 6.07) is 13.4. The van der Waals surface area contributed by atoms with Crippen LogP contribution in [0.2, 0.25) is 5.02 Å². The maximum absolute atomic E-state index is 13.4. The molecule has 0 amide bonds. The first-order valence-corrected chi connectivity index (χ1v) is 10.7. The van der Waals surface area contributed by atoms with Crippen LogP contribution in [0.5, 0.6) is 5.75 Å². The monoisotopic (exact) mass is 502 g/mol. The predicted octanol–water partition coefficient (Wildman–Crippen LogP) is 5.76. The third-order valence-corrected chi connectivity index (χ3v) is 5.66. The number of aromatic nitrogens is 2. The highest BCUT2D eigenvalue weighted by molar-refractivity contribution is 6.31. The van der Waals surface area contributed by atoms with Crippen molar-refractivity contribution in [1.29, 1.82) is 0 Å². The quantitative estimate of drug-likeness (QED) is 0.325. The van der Waals surface area contributed by atoms with E-state index in [4.69, 9.17) is 21.4 Å². The molecule has 0 fully saturated rings. The van der Waals surface area contributed by atoms with Crippen LogP contribution in [-0.4, -0.2) is 33.0 Å². The number of benzene rings is 2. The second-order valence-corrected chi connectivity index (χ2v) is 8.27. The molecule has 0 unspecified atom stereocenters. The number of carbonyl (C=O) groups excluding carboxylic acids is 1. The van der Waals surface area contributed by atoms with Crippen molar-refractivity contribution in [2.45, 2.75) is 19.6 Å². The summed E-state index contributed by atoms with van der Waals surface area (Å²) in [7, 11) is 0. The fourth-order valence-corrected chi connectivity index (χ4v) is 3.75. The number of aryl methyl sites for hydroxylation is 1. The summed E-state index contributed by atoms with van der Waals surface area (Å²) >= 11 is 6.29. The number of halogens is 4. The highest BCUT2D eigenvalue weighted by atomic mass is 35.5. The van der Waals surface area contributed by atoms with E-state index in [0.29, 0.717) is 11.1 Å². The van der Waals surface area contributed by atoms with E-state index in [9.17, 15) is 22.8 Å². The van der Waals surface area contributed by atoms with Gasteiger partial charge in [0, 0.05) is 27.7 Å². The summed E-state index contributed by atoms with van der Waals surface area (Å²) in [4.78, 5) is 27.8. The number of nitrogens with zero attached hydrogens (tertiary/aromatic N) is 2. The van der Waals surface area contributed by atoms with Gasteiger partial charge in [-0.3, -0.25) is 4.79 Å². The van der Waals surface area contributed by atoms with Crippen LogP contribution in [0.25, 0.3) is 11.0 Å². The van der Waals surface area contributed by atoms with Crippen molar-refractivity contribution in [2.75, 3.05) is 6.61 Å². The molecular formula is C25H18ClF3N2O4. The molecule has 180 valence electrons. The minimum atomic E-state index is -4.67. The zero-order valence-corrected chi connectivity index (χ0v) is 19.0. The van der Waals surface area contributed by atoms with E-state index in [1.54, 1.807) is 24.3 Å². The summed E-state index contributed by atoms with van der Waals surface area (Å²) in [6.07, 6.45) is -3.23. The number of carboxylic acid groups (broad SMARTS) is 1. The molecule has 4 aromatic rings. The standard InChI is InChI=1S/C25H18ClF3N2O4/c1-14-2-4-15(5-3-14)23(34)19-12-31(24-18(19)7-9-21(30-24)25(27,28)29)11-16-10-17(6-8-20(16)26)35-13-22(32)33/h2-10,12H,11,13H2,1H3,(H,32,33). The van der Waals surface area contributed by atoms with Gasteiger partial charge in [0.2, 0.25) is 0 Å². The number of carboxylic acids is 1. The molecule has 10 heteroatoms. The highest BCUT2D eigenvalue weighted by Gasteiger charge is 2.33. The smallest absolute Gasteiger partial charge is 0.433 e. The molecule has 0 atom stereocenters. The van der Waals surface area contributed by atoms with Crippen LogP contribution in [-0.2, 0) is 17.5 Å². The number of carbonyl (C=O) groups is 2. The lowest BCUT2D eigenvalue weighted by molar-refractivity contribution is -0.141. The van der Waals surface area contributed by atoms with Gasteiger partial charge in [-0.2, -0.15) is 13.2 Å². The fourth-order valence-electron chi connectivity index (χ4n) is 3.57. The van der Waals surface area contributed by atoms with Gasteiger partial charge in [-0.05, 0) is 42.8 Å². The molecule has 35 heavy (non-hydrogen) atoms. The van der Waals surface area contributed by atoms with Crippen LogP contribution in [0.1, 0.15) is 32.7 Å². The first kappa shape index (κ1) is 24.3. The number of alkyl halides is 3. The third-order valence-electron chi connectivity index (χ3n) is 5.29. The van der Waals surface area contributed by atoms with Gasteiger partial charge >= 0.3 is 12.1 Å². The van der Waals surface area contributed by atoms with E-state index in [2.05, 4.69) is 4.98 Å². The Balaban J connectivity index is 1.81. The van der Waals surface area contributed by atoms with E-state index in [0.717, 1.165) is 11.6 Å². The van der Waals surface area contributed by atoms with Gasteiger partial charge in [0.15, 0.2) is 12.4 Å². The minimum Gasteiger partial charge on any atom is -0.482 e. The molecule has 6 nitrogen and oxygen atoms in total. The van der Waals surface area contributed by atoms with Crippen molar-refractivity contribution in [2.24, 2.45) is 0 Å². The Kier molecular flexibility index (Phi) is 6.53. The molecule has 1 N–H and O–H groups in total.